The third-order valence-corrected chi connectivity index (χ3v) is 4.84. The van der Waals surface area contributed by atoms with Crippen LogP contribution in [0.4, 0.5) is 0 Å². The number of ether oxygens (including phenoxy) is 1. The summed E-state index contributed by atoms with van der Waals surface area (Å²) in [6.45, 7) is 5.10. The summed E-state index contributed by atoms with van der Waals surface area (Å²) in [6.07, 6.45) is 3.10. The summed E-state index contributed by atoms with van der Waals surface area (Å²) < 4.78 is 5.82. The van der Waals surface area contributed by atoms with Crippen molar-refractivity contribution < 1.29 is 9.84 Å². The molecule has 3 rings (SSSR count). The number of hydrogen-bond acceptors (Lipinski definition) is 2. The van der Waals surface area contributed by atoms with E-state index in [4.69, 9.17) is 4.74 Å². The first-order chi connectivity index (χ1) is 13.7. The normalized spacial score (nSPS) is 11.8. The van der Waals surface area contributed by atoms with Crippen LogP contribution in [0.5, 0.6) is 11.5 Å². The molecule has 0 saturated heterocycles. The Morgan fingerprint density at radius 1 is 0.750 bits per heavy atom. The number of rotatable bonds is 8. The number of phenolic OH excluding ortho intramolecular Hbond substituents is 1. The summed E-state index contributed by atoms with van der Waals surface area (Å²) in [4.78, 5) is 0. The van der Waals surface area contributed by atoms with Crippen LogP contribution in [0.1, 0.15) is 49.8 Å². The molecule has 0 fully saturated rings. The maximum absolute atomic E-state index is 9.73. The predicted octanol–water partition coefficient (Wildman–Crippen LogP) is 6.94. The molecule has 0 aliphatic carbocycles. The second-order valence-corrected chi connectivity index (χ2v) is 6.85. The summed E-state index contributed by atoms with van der Waals surface area (Å²) >= 11 is 0. The molecule has 0 aliphatic heterocycles. The van der Waals surface area contributed by atoms with Crippen LogP contribution in [-0.2, 0) is 0 Å². The maximum Gasteiger partial charge on any atom is 0.119 e. The van der Waals surface area contributed by atoms with Crippen LogP contribution in [0.15, 0.2) is 78.9 Å². The van der Waals surface area contributed by atoms with Crippen molar-refractivity contribution in [2.75, 3.05) is 6.61 Å². The molecule has 0 bridgehead atoms. The van der Waals surface area contributed by atoms with Gasteiger partial charge in [0, 0.05) is 0 Å². The van der Waals surface area contributed by atoms with Crippen LogP contribution in [0.3, 0.4) is 0 Å². The van der Waals surface area contributed by atoms with E-state index in [1.807, 2.05) is 30.3 Å². The first-order valence-electron chi connectivity index (χ1n) is 10.0. The Kier molecular flexibility index (Phi) is 6.91. The first kappa shape index (κ1) is 19.8. The number of aromatic hydroxyl groups is 1. The van der Waals surface area contributed by atoms with Gasteiger partial charge in [0.1, 0.15) is 11.5 Å². The van der Waals surface area contributed by atoms with Gasteiger partial charge in [0.05, 0.1) is 6.61 Å². The lowest BCUT2D eigenvalue weighted by atomic mass is 9.88. The number of unbranched alkanes of at least 4 members (excludes halogenated alkanes) is 1. The third-order valence-electron chi connectivity index (χ3n) is 4.84. The topological polar surface area (TPSA) is 29.5 Å². The molecule has 0 atom stereocenters. The van der Waals surface area contributed by atoms with Gasteiger partial charge in [-0.15, -0.1) is 0 Å². The van der Waals surface area contributed by atoms with Crippen molar-refractivity contribution >= 4 is 11.1 Å². The Hall–Kier alpha value is -3.00. The standard InChI is InChI=1S/C26H28O2/c1-3-5-19-28-24-17-13-22(14-18-24)26(21-11-15-23(27)16-12-21)25(4-2)20-9-7-6-8-10-20/h6-18,27H,3-5,19H2,1-2H3/b26-25-. The van der Waals surface area contributed by atoms with Crippen molar-refractivity contribution in [3.8, 4) is 11.5 Å². The molecule has 1 N–H and O–H groups in total. The zero-order valence-corrected chi connectivity index (χ0v) is 16.7. The molecule has 0 aliphatic rings. The van der Waals surface area contributed by atoms with Crippen LogP contribution < -0.4 is 4.74 Å². The van der Waals surface area contributed by atoms with Crippen LogP contribution in [0, 0.1) is 0 Å². The van der Waals surface area contributed by atoms with Crippen LogP contribution in [0.25, 0.3) is 11.1 Å². The van der Waals surface area contributed by atoms with Gasteiger partial charge < -0.3 is 9.84 Å². The second kappa shape index (κ2) is 9.80. The minimum Gasteiger partial charge on any atom is -0.508 e. The summed E-state index contributed by atoms with van der Waals surface area (Å²) in [7, 11) is 0. The van der Waals surface area contributed by atoms with Crippen molar-refractivity contribution in [1.29, 1.82) is 0 Å². The summed E-state index contributed by atoms with van der Waals surface area (Å²) in [6, 6.07) is 26.3. The third kappa shape index (κ3) is 4.83. The molecular weight excluding hydrogens is 344 g/mol. The minimum atomic E-state index is 0.278. The van der Waals surface area contributed by atoms with Crippen LogP contribution in [0.2, 0.25) is 0 Å². The van der Waals surface area contributed by atoms with Crippen molar-refractivity contribution in [1.82, 2.24) is 0 Å². The largest absolute Gasteiger partial charge is 0.508 e. The molecular formula is C26H28O2. The van der Waals surface area contributed by atoms with Gasteiger partial charge in [-0.05, 0) is 64.9 Å². The predicted molar refractivity (Wildman–Crippen MR) is 118 cm³/mol. The average molecular weight is 373 g/mol. The van der Waals surface area contributed by atoms with E-state index in [9.17, 15) is 5.11 Å². The zero-order valence-electron chi connectivity index (χ0n) is 16.7. The van der Waals surface area contributed by atoms with E-state index in [0.29, 0.717) is 0 Å². The SMILES string of the molecule is CCCCOc1ccc(/C(=C(/CC)c2ccccc2)c2ccc(O)cc2)cc1. The van der Waals surface area contributed by atoms with Crippen LogP contribution >= 0.6 is 0 Å². The molecule has 0 heterocycles. The van der Waals surface area contributed by atoms with Gasteiger partial charge in [-0.1, -0.05) is 74.9 Å². The van der Waals surface area contributed by atoms with Gasteiger partial charge in [0.25, 0.3) is 0 Å². The summed E-state index contributed by atoms with van der Waals surface area (Å²) in [5.41, 5.74) is 5.93. The molecule has 0 radical (unpaired) electrons. The van der Waals surface area contributed by atoms with E-state index >= 15 is 0 Å². The summed E-state index contributed by atoms with van der Waals surface area (Å²) in [5.74, 6) is 1.18. The van der Waals surface area contributed by atoms with Gasteiger partial charge in [-0.2, -0.15) is 0 Å². The number of hydrogen-bond donors (Lipinski definition) is 1. The molecule has 28 heavy (non-hydrogen) atoms. The van der Waals surface area contributed by atoms with E-state index in [-0.39, 0.29) is 5.75 Å². The molecule has 0 aromatic heterocycles. The van der Waals surface area contributed by atoms with Gasteiger partial charge in [-0.25, -0.2) is 0 Å². The molecule has 2 nitrogen and oxygen atoms in total. The van der Waals surface area contributed by atoms with Gasteiger partial charge in [0.15, 0.2) is 0 Å². The van der Waals surface area contributed by atoms with E-state index in [0.717, 1.165) is 42.7 Å². The van der Waals surface area contributed by atoms with Gasteiger partial charge >= 0.3 is 0 Å². The van der Waals surface area contributed by atoms with E-state index in [2.05, 4.69) is 50.2 Å². The first-order valence-corrected chi connectivity index (χ1v) is 10.0. The van der Waals surface area contributed by atoms with Crippen molar-refractivity contribution in [2.24, 2.45) is 0 Å². The average Bonchev–Trinajstić information content (AvgIpc) is 2.74. The highest BCUT2D eigenvalue weighted by molar-refractivity contribution is 5.98. The van der Waals surface area contributed by atoms with E-state index in [1.165, 1.54) is 16.7 Å². The highest BCUT2D eigenvalue weighted by Crippen LogP contribution is 2.35. The van der Waals surface area contributed by atoms with E-state index < -0.39 is 0 Å². The Balaban J connectivity index is 2.06. The fourth-order valence-corrected chi connectivity index (χ4v) is 3.36. The highest BCUT2D eigenvalue weighted by atomic mass is 16.5. The summed E-state index contributed by atoms with van der Waals surface area (Å²) in [5, 5.41) is 9.73. The fraction of sp³-hybridized carbons (Fsp3) is 0.231. The minimum absolute atomic E-state index is 0.278. The molecule has 0 spiro atoms. The number of allylic oxidation sites excluding steroid dienone is 1. The Labute approximate surface area is 168 Å². The zero-order chi connectivity index (χ0) is 19.8. The lowest BCUT2D eigenvalue weighted by Gasteiger charge is -2.17. The molecule has 3 aromatic rings. The number of benzene rings is 3. The molecule has 144 valence electrons. The highest BCUT2D eigenvalue weighted by Gasteiger charge is 2.13. The van der Waals surface area contributed by atoms with E-state index in [1.54, 1.807) is 12.1 Å². The van der Waals surface area contributed by atoms with Crippen molar-refractivity contribution in [3.05, 3.63) is 95.6 Å². The molecule has 0 saturated carbocycles. The Morgan fingerprint density at radius 2 is 1.36 bits per heavy atom. The molecule has 0 amide bonds. The van der Waals surface area contributed by atoms with Gasteiger partial charge in [0.2, 0.25) is 0 Å². The quantitative estimate of drug-likeness (QED) is 0.343. The maximum atomic E-state index is 9.73. The molecule has 3 aromatic carbocycles. The number of phenols is 1. The lowest BCUT2D eigenvalue weighted by Crippen LogP contribution is -1.98. The monoisotopic (exact) mass is 372 g/mol. The van der Waals surface area contributed by atoms with Crippen LogP contribution in [-0.4, -0.2) is 11.7 Å². The fourth-order valence-electron chi connectivity index (χ4n) is 3.36. The Morgan fingerprint density at radius 3 is 1.93 bits per heavy atom. The lowest BCUT2D eigenvalue weighted by molar-refractivity contribution is 0.309. The molecule has 2 heteroatoms. The molecule has 0 unspecified atom stereocenters. The smallest absolute Gasteiger partial charge is 0.119 e. The van der Waals surface area contributed by atoms with Crippen molar-refractivity contribution in [2.45, 2.75) is 33.1 Å². The second-order valence-electron chi connectivity index (χ2n) is 6.85. The Bertz CT molecular complexity index is 891. The van der Waals surface area contributed by atoms with Gasteiger partial charge in [-0.3, -0.25) is 0 Å². The van der Waals surface area contributed by atoms with Crippen molar-refractivity contribution in [3.63, 3.8) is 0 Å².